The molecule has 6 heteroatoms. The molecule has 3 fully saturated rings. The Kier molecular flexibility index (Phi) is 5.62. The monoisotopic (exact) mass is 371 g/mol. The standard InChI is InChI=1S/C20H25N3O2S/c24-20-17-6-7-19(23(20)11-18-14-26-15-21-18)12-22(10-17)8-9-25-13-16-4-2-1-3-5-16/h1-5,14-15,17,19H,6-13H2/t17-,19+/m0/s1. The van der Waals surface area contributed by atoms with Crippen molar-refractivity contribution >= 4 is 17.2 Å². The van der Waals surface area contributed by atoms with Gasteiger partial charge in [0, 0.05) is 31.1 Å². The molecule has 5 nitrogen and oxygen atoms in total. The molecule has 2 bridgehead atoms. The quantitative estimate of drug-likeness (QED) is 0.702. The zero-order chi connectivity index (χ0) is 17.8. The molecule has 138 valence electrons. The van der Waals surface area contributed by atoms with E-state index in [0.29, 0.717) is 31.7 Å². The van der Waals surface area contributed by atoms with Crippen LogP contribution in [0.4, 0.5) is 0 Å². The highest BCUT2D eigenvalue weighted by molar-refractivity contribution is 7.07. The lowest BCUT2D eigenvalue weighted by Crippen LogP contribution is -2.47. The lowest BCUT2D eigenvalue weighted by Gasteiger charge is -2.35. The van der Waals surface area contributed by atoms with Gasteiger partial charge in [-0.25, -0.2) is 4.98 Å². The molecule has 0 spiro atoms. The van der Waals surface area contributed by atoms with Gasteiger partial charge in [-0.1, -0.05) is 30.3 Å². The topological polar surface area (TPSA) is 45.7 Å². The smallest absolute Gasteiger partial charge is 0.227 e. The number of hydrogen-bond donors (Lipinski definition) is 0. The molecule has 1 aromatic heterocycles. The van der Waals surface area contributed by atoms with E-state index in [0.717, 1.165) is 38.2 Å². The largest absolute Gasteiger partial charge is 0.375 e. The molecule has 2 aromatic rings. The molecule has 1 aromatic carbocycles. The maximum Gasteiger partial charge on any atom is 0.227 e. The minimum absolute atomic E-state index is 0.126. The summed E-state index contributed by atoms with van der Waals surface area (Å²) in [5.41, 5.74) is 4.05. The minimum atomic E-state index is 0.126. The van der Waals surface area contributed by atoms with Crippen molar-refractivity contribution < 1.29 is 9.53 Å². The summed E-state index contributed by atoms with van der Waals surface area (Å²) in [4.78, 5) is 21.7. The van der Waals surface area contributed by atoms with Gasteiger partial charge in [0.05, 0.1) is 36.9 Å². The number of amides is 1. The van der Waals surface area contributed by atoms with Crippen LogP contribution in [0.15, 0.2) is 41.2 Å². The SMILES string of the molecule is O=C1[C@H]2CC[C@H](CN(CCOCc3ccccc3)C2)N1Cc1cscn1. The van der Waals surface area contributed by atoms with Crippen molar-refractivity contribution in [2.24, 2.45) is 5.92 Å². The van der Waals surface area contributed by atoms with Gasteiger partial charge in [-0.15, -0.1) is 11.3 Å². The fourth-order valence-electron chi connectivity index (χ4n) is 3.97. The van der Waals surface area contributed by atoms with Crippen LogP contribution in [0.5, 0.6) is 0 Å². The van der Waals surface area contributed by atoms with Crippen LogP contribution in [-0.2, 0) is 22.7 Å². The maximum absolute atomic E-state index is 12.8. The average Bonchev–Trinajstić information content (AvgIpc) is 3.04. The number of carbonyl (C=O) groups is 1. The molecule has 26 heavy (non-hydrogen) atoms. The van der Waals surface area contributed by atoms with Gasteiger partial charge in [-0.2, -0.15) is 0 Å². The van der Waals surface area contributed by atoms with Crippen LogP contribution in [0, 0.1) is 5.92 Å². The molecule has 3 aliphatic rings. The summed E-state index contributed by atoms with van der Waals surface area (Å²) < 4.78 is 5.84. The van der Waals surface area contributed by atoms with Gasteiger partial charge in [0.2, 0.25) is 5.91 Å². The molecule has 0 aliphatic carbocycles. The zero-order valence-corrected chi connectivity index (χ0v) is 15.7. The predicted octanol–water partition coefficient (Wildman–Crippen LogP) is 2.78. The van der Waals surface area contributed by atoms with Gasteiger partial charge in [0.25, 0.3) is 0 Å². The second kappa shape index (κ2) is 8.29. The Labute approximate surface area is 158 Å². The number of aromatic nitrogens is 1. The van der Waals surface area contributed by atoms with E-state index in [1.807, 2.05) is 29.1 Å². The summed E-state index contributed by atoms with van der Waals surface area (Å²) in [5.74, 6) is 0.434. The zero-order valence-electron chi connectivity index (χ0n) is 14.9. The van der Waals surface area contributed by atoms with Crippen LogP contribution in [0.25, 0.3) is 0 Å². The first-order chi connectivity index (χ1) is 12.8. The fourth-order valence-corrected chi connectivity index (χ4v) is 4.52. The van der Waals surface area contributed by atoms with E-state index in [4.69, 9.17) is 4.74 Å². The Morgan fingerprint density at radius 2 is 2.08 bits per heavy atom. The van der Waals surface area contributed by atoms with E-state index in [1.165, 1.54) is 5.56 Å². The summed E-state index contributed by atoms with van der Waals surface area (Å²) in [6.45, 7) is 4.70. The molecule has 0 saturated carbocycles. The van der Waals surface area contributed by atoms with Crippen LogP contribution < -0.4 is 0 Å². The first kappa shape index (κ1) is 17.6. The highest BCUT2D eigenvalue weighted by Crippen LogP contribution is 2.30. The number of carbonyl (C=O) groups excluding carboxylic acids is 1. The predicted molar refractivity (Wildman–Crippen MR) is 102 cm³/mol. The Bertz CT molecular complexity index is 707. The highest BCUT2D eigenvalue weighted by Gasteiger charge is 2.40. The second-order valence-electron chi connectivity index (χ2n) is 7.17. The van der Waals surface area contributed by atoms with Crippen LogP contribution in [0.2, 0.25) is 0 Å². The second-order valence-corrected chi connectivity index (χ2v) is 7.89. The first-order valence-corrected chi connectivity index (χ1v) is 10.3. The van der Waals surface area contributed by atoms with Crippen molar-refractivity contribution in [1.29, 1.82) is 0 Å². The summed E-state index contributed by atoms with van der Waals surface area (Å²) in [6.07, 6.45) is 2.11. The lowest BCUT2D eigenvalue weighted by molar-refractivity contribution is -0.140. The number of nitrogens with zero attached hydrogens (tertiary/aromatic N) is 3. The van der Waals surface area contributed by atoms with Gasteiger partial charge in [-0.3, -0.25) is 9.69 Å². The molecule has 5 rings (SSSR count). The third-order valence-electron chi connectivity index (χ3n) is 5.35. The molecule has 0 unspecified atom stereocenters. The van der Waals surface area contributed by atoms with E-state index < -0.39 is 0 Å². The molecule has 2 atom stereocenters. The molecule has 4 heterocycles. The summed E-state index contributed by atoms with van der Waals surface area (Å²) in [7, 11) is 0. The number of hydrogen-bond acceptors (Lipinski definition) is 5. The first-order valence-electron chi connectivity index (χ1n) is 9.31. The molecule has 0 N–H and O–H groups in total. The van der Waals surface area contributed by atoms with Gasteiger partial charge >= 0.3 is 0 Å². The third-order valence-corrected chi connectivity index (χ3v) is 5.98. The van der Waals surface area contributed by atoms with E-state index in [2.05, 4.69) is 26.9 Å². The van der Waals surface area contributed by atoms with Gasteiger partial charge < -0.3 is 9.64 Å². The van der Waals surface area contributed by atoms with Crippen molar-refractivity contribution in [3.8, 4) is 0 Å². The molecule has 3 saturated heterocycles. The number of thiazole rings is 1. The van der Waals surface area contributed by atoms with Crippen LogP contribution >= 0.6 is 11.3 Å². The van der Waals surface area contributed by atoms with Crippen LogP contribution in [-0.4, -0.2) is 53.0 Å². The van der Waals surface area contributed by atoms with E-state index in [-0.39, 0.29) is 5.92 Å². The highest BCUT2D eigenvalue weighted by atomic mass is 32.1. The van der Waals surface area contributed by atoms with E-state index >= 15 is 0 Å². The summed E-state index contributed by atoms with van der Waals surface area (Å²) in [5, 5.41) is 2.04. The van der Waals surface area contributed by atoms with Crippen molar-refractivity contribution in [2.75, 3.05) is 26.2 Å². The van der Waals surface area contributed by atoms with Crippen molar-refractivity contribution in [3.63, 3.8) is 0 Å². The van der Waals surface area contributed by atoms with Gasteiger partial charge in [-0.05, 0) is 18.4 Å². The Balaban J connectivity index is 1.30. The lowest BCUT2D eigenvalue weighted by atomic mass is 9.94. The van der Waals surface area contributed by atoms with Crippen molar-refractivity contribution in [1.82, 2.24) is 14.8 Å². The summed E-state index contributed by atoms with van der Waals surface area (Å²) >= 11 is 1.59. The Hall–Kier alpha value is -1.76. The van der Waals surface area contributed by atoms with E-state index in [1.54, 1.807) is 11.3 Å². The Morgan fingerprint density at radius 3 is 2.88 bits per heavy atom. The van der Waals surface area contributed by atoms with Gasteiger partial charge in [0.1, 0.15) is 0 Å². The molecule has 0 radical (unpaired) electrons. The average molecular weight is 372 g/mol. The van der Waals surface area contributed by atoms with Gasteiger partial charge in [0.15, 0.2) is 0 Å². The van der Waals surface area contributed by atoms with E-state index in [9.17, 15) is 4.79 Å². The van der Waals surface area contributed by atoms with Crippen LogP contribution in [0.3, 0.4) is 0 Å². The molecular formula is C20H25N3O2S. The molecular weight excluding hydrogens is 346 g/mol. The maximum atomic E-state index is 12.8. The number of rotatable bonds is 7. The normalized spacial score (nSPS) is 23.4. The summed E-state index contributed by atoms with van der Waals surface area (Å²) in [6, 6.07) is 10.6. The fraction of sp³-hybridized carbons (Fsp3) is 0.500. The number of piperidine rings is 1. The number of ether oxygens (including phenoxy) is 1. The van der Waals surface area contributed by atoms with Crippen molar-refractivity contribution in [3.05, 3.63) is 52.5 Å². The van der Waals surface area contributed by atoms with Crippen LogP contribution in [0.1, 0.15) is 24.1 Å². The molecule has 3 aliphatic heterocycles. The number of fused-ring (bicyclic) bond motifs is 4. The number of benzene rings is 1. The minimum Gasteiger partial charge on any atom is -0.375 e. The Morgan fingerprint density at radius 1 is 1.19 bits per heavy atom. The van der Waals surface area contributed by atoms with Crippen molar-refractivity contribution in [2.45, 2.75) is 32.0 Å². The molecule has 1 amide bonds. The third kappa shape index (κ3) is 4.14.